The van der Waals surface area contributed by atoms with Gasteiger partial charge in [-0.2, -0.15) is 4.31 Å². The van der Waals surface area contributed by atoms with Gasteiger partial charge in [-0.15, -0.1) is 0 Å². The van der Waals surface area contributed by atoms with Gasteiger partial charge in [0.05, 0.1) is 11.3 Å². The van der Waals surface area contributed by atoms with E-state index in [9.17, 15) is 23.1 Å². The van der Waals surface area contributed by atoms with Crippen LogP contribution in [0.2, 0.25) is 0 Å². The second-order valence-corrected chi connectivity index (χ2v) is 7.93. The van der Waals surface area contributed by atoms with Crippen LogP contribution in [0.25, 0.3) is 0 Å². The summed E-state index contributed by atoms with van der Waals surface area (Å²) in [7, 11) is -3.91. The average Bonchev–Trinajstić information content (AvgIpc) is 2.66. The Kier molecular flexibility index (Phi) is 5.43. The first-order valence-corrected chi connectivity index (χ1v) is 9.75. The van der Waals surface area contributed by atoms with E-state index in [0.717, 1.165) is 4.31 Å². The Balaban J connectivity index is 1.79. The molecule has 0 aliphatic carbocycles. The Labute approximate surface area is 156 Å². The van der Waals surface area contributed by atoms with Crippen molar-refractivity contribution < 1.29 is 23.1 Å². The van der Waals surface area contributed by atoms with Gasteiger partial charge in [0.1, 0.15) is 11.8 Å². The number of nitrogens with zero attached hydrogens (tertiary/aromatic N) is 1. The van der Waals surface area contributed by atoms with Crippen LogP contribution in [0.3, 0.4) is 0 Å². The number of phenolic OH excluding ortho intramolecular Hbond substituents is 1. The summed E-state index contributed by atoms with van der Waals surface area (Å²) in [6, 6.07) is 12.5. The number of hydrogen-bond acceptors (Lipinski definition) is 5. The monoisotopic (exact) mass is 389 g/mol. The fraction of sp³-hybridized carbons (Fsp3) is 0.222. The molecule has 0 radical (unpaired) electrons. The molecule has 1 aliphatic heterocycles. The Morgan fingerprint density at radius 3 is 2.48 bits per heavy atom. The highest BCUT2D eigenvalue weighted by Crippen LogP contribution is 2.22. The van der Waals surface area contributed by atoms with E-state index >= 15 is 0 Å². The van der Waals surface area contributed by atoms with Gasteiger partial charge in [0.25, 0.3) is 0 Å². The molecule has 1 aliphatic rings. The number of aromatic hydroxyl groups is 1. The molecule has 3 rings (SSSR count). The number of hydrogen-bond donors (Lipinski definition) is 3. The number of sulfonamides is 1. The van der Waals surface area contributed by atoms with Gasteiger partial charge in [-0.1, -0.05) is 18.2 Å². The van der Waals surface area contributed by atoms with Gasteiger partial charge in [0, 0.05) is 18.8 Å². The molecule has 1 saturated heterocycles. The van der Waals surface area contributed by atoms with E-state index in [0.29, 0.717) is 5.69 Å². The summed E-state index contributed by atoms with van der Waals surface area (Å²) in [5.74, 6) is -0.961. The predicted molar refractivity (Wildman–Crippen MR) is 98.5 cm³/mol. The molecule has 2 aromatic carbocycles. The van der Waals surface area contributed by atoms with Gasteiger partial charge in [0.15, 0.2) is 0 Å². The zero-order chi connectivity index (χ0) is 19.4. The van der Waals surface area contributed by atoms with E-state index in [4.69, 9.17) is 0 Å². The van der Waals surface area contributed by atoms with Gasteiger partial charge >= 0.3 is 0 Å². The normalized spacial score (nSPS) is 17.9. The maximum absolute atomic E-state index is 12.9. The minimum atomic E-state index is -3.91. The van der Waals surface area contributed by atoms with Crippen molar-refractivity contribution in [2.45, 2.75) is 17.4 Å². The minimum absolute atomic E-state index is 0.0554. The van der Waals surface area contributed by atoms with Crippen LogP contribution in [-0.2, 0) is 19.6 Å². The summed E-state index contributed by atoms with van der Waals surface area (Å²) < 4.78 is 26.9. The third kappa shape index (κ3) is 4.26. The highest BCUT2D eigenvalue weighted by atomic mass is 32.2. The standard InChI is InChI=1S/C18H19N3O5S/c22-14-8-6-13(7-9-14)20-17(23)12-16-18(24)19-10-11-21(16)27(25,26)15-4-2-1-3-5-15/h1-9,16,22H,10-12H2,(H,19,24)(H,20,23). The van der Waals surface area contributed by atoms with Crippen LogP contribution in [0.4, 0.5) is 5.69 Å². The lowest BCUT2D eigenvalue weighted by atomic mass is 10.1. The molecule has 2 aromatic rings. The first-order valence-electron chi connectivity index (χ1n) is 8.31. The van der Waals surface area contributed by atoms with Crippen molar-refractivity contribution in [3.05, 3.63) is 54.6 Å². The van der Waals surface area contributed by atoms with Crippen LogP contribution in [0.5, 0.6) is 5.75 Å². The smallest absolute Gasteiger partial charge is 0.243 e. The molecular weight excluding hydrogens is 370 g/mol. The molecular formula is C18H19N3O5S. The molecule has 3 N–H and O–H groups in total. The topological polar surface area (TPSA) is 116 Å². The molecule has 0 bridgehead atoms. The fourth-order valence-corrected chi connectivity index (χ4v) is 4.44. The van der Waals surface area contributed by atoms with Crippen LogP contribution >= 0.6 is 0 Å². The van der Waals surface area contributed by atoms with E-state index in [1.807, 2.05) is 0 Å². The number of amides is 2. The van der Waals surface area contributed by atoms with Gasteiger partial charge in [-0.3, -0.25) is 9.59 Å². The molecule has 1 fully saturated rings. The Bertz CT molecular complexity index is 929. The third-order valence-corrected chi connectivity index (χ3v) is 6.08. The van der Waals surface area contributed by atoms with Crippen molar-refractivity contribution in [1.29, 1.82) is 0 Å². The molecule has 1 atom stereocenters. The van der Waals surface area contributed by atoms with Crippen molar-refractivity contribution in [2.24, 2.45) is 0 Å². The lowest BCUT2D eigenvalue weighted by Gasteiger charge is -2.33. The van der Waals surface area contributed by atoms with Crippen molar-refractivity contribution in [1.82, 2.24) is 9.62 Å². The molecule has 27 heavy (non-hydrogen) atoms. The fourth-order valence-electron chi connectivity index (χ4n) is 2.84. The SMILES string of the molecule is O=C(CC1C(=O)NCCN1S(=O)(=O)c1ccccc1)Nc1ccc(O)cc1. The molecule has 142 valence electrons. The molecule has 8 nitrogen and oxygen atoms in total. The number of phenols is 1. The van der Waals surface area contributed by atoms with Crippen molar-refractivity contribution in [2.75, 3.05) is 18.4 Å². The molecule has 9 heteroatoms. The lowest BCUT2D eigenvalue weighted by Crippen LogP contribution is -2.57. The zero-order valence-corrected chi connectivity index (χ0v) is 15.1. The first kappa shape index (κ1) is 18.9. The predicted octanol–water partition coefficient (Wildman–Crippen LogP) is 0.910. The lowest BCUT2D eigenvalue weighted by molar-refractivity contribution is -0.130. The molecule has 1 unspecified atom stereocenters. The first-order chi connectivity index (χ1) is 12.9. The van der Waals surface area contributed by atoms with E-state index in [-0.39, 0.29) is 30.2 Å². The van der Waals surface area contributed by atoms with Crippen molar-refractivity contribution >= 4 is 27.5 Å². The van der Waals surface area contributed by atoms with E-state index in [1.54, 1.807) is 18.2 Å². The summed E-state index contributed by atoms with van der Waals surface area (Å²) in [6.45, 7) is 0.265. The van der Waals surface area contributed by atoms with Crippen molar-refractivity contribution in [3.8, 4) is 5.75 Å². The van der Waals surface area contributed by atoms with Crippen LogP contribution in [0.1, 0.15) is 6.42 Å². The molecule has 1 heterocycles. The Hall–Kier alpha value is -2.91. The number of carbonyl (C=O) groups is 2. The number of benzene rings is 2. The number of rotatable bonds is 5. The van der Waals surface area contributed by atoms with Crippen LogP contribution in [0, 0.1) is 0 Å². The van der Waals surface area contributed by atoms with E-state index in [1.165, 1.54) is 36.4 Å². The third-order valence-electron chi connectivity index (χ3n) is 4.16. The second-order valence-electron chi connectivity index (χ2n) is 6.03. The minimum Gasteiger partial charge on any atom is -0.508 e. The molecule has 2 amide bonds. The maximum atomic E-state index is 12.9. The number of anilines is 1. The summed E-state index contributed by atoms with van der Waals surface area (Å²) in [5, 5.41) is 14.5. The van der Waals surface area contributed by atoms with Crippen molar-refractivity contribution in [3.63, 3.8) is 0 Å². The largest absolute Gasteiger partial charge is 0.508 e. The van der Waals surface area contributed by atoms with E-state index in [2.05, 4.69) is 10.6 Å². The Morgan fingerprint density at radius 1 is 1.15 bits per heavy atom. The summed E-state index contributed by atoms with van der Waals surface area (Å²) in [5.41, 5.74) is 0.437. The van der Waals surface area contributed by atoms with Crippen LogP contribution in [0.15, 0.2) is 59.5 Å². The highest BCUT2D eigenvalue weighted by Gasteiger charge is 2.39. The van der Waals surface area contributed by atoms with Crippen LogP contribution < -0.4 is 10.6 Å². The van der Waals surface area contributed by atoms with Gasteiger partial charge < -0.3 is 15.7 Å². The highest BCUT2D eigenvalue weighted by molar-refractivity contribution is 7.89. The summed E-state index contributed by atoms with van der Waals surface area (Å²) in [4.78, 5) is 24.7. The van der Waals surface area contributed by atoms with Gasteiger partial charge in [-0.25, -0.2) is 8.42 Å². The van der Waals surface area contributed by atoms with Gasteiger partial charge in [-0.05, 0) is 36.4 Å². The molecule has 0 aromatic heterocycles. The number of nitrogens with one attached hydrogen (secondary N) is 2. The zero-order valence-electron chi connectivity index (χ0n) is 14.3. The summed E-state index contributed by atoms with van der Waals surface area (Å²) in [6.07, 6.45) is -0.321. The Morgan fingerprint density at radius 2 is 1.81 bits per heavy atom. The summed E-state index contributed by atoms with van der Waals surface area (Å²) >= 11 is 0. The number of piperazine rings is 1. The molecule has 0 saturated carbocycles. The van der Waals surface area contributed by atoms with E-state index < -0.39 is 27.9 Å². The maximum Gasteiger partial charge on any atom is 0.243 e. The second kappa shape index (κ2) is 7.77. The number of carbonyl (C=O) groups excluding carboxylic acids is 2. The van der Waals surface area contributed by atoms with Gasteiger partial charge in [0.2, 0.25) is 21.8 Å². The average molecular weight is 389 g/mol. The quantitative estimate of drug-likeness (QED) is 0.658. The molecule has 0 spiro atoms. The van der Waals surface area contributed by atoms with Crippen LogP contribution in [-0.4, -0.2) is 48.8 Å².